The molecular weight excluding hydrogens is 228 g/mol. The lowest BCUT2D eigenvalue weighted by Crippen LogP contribution is -1.96. The van der Waals surface area contributed by atoms with Gasteiger partial charge in [0.2, 0.25) is 0 Å². The van der Waals surface area contributed by atoms with E-state index in [0.717, 1.165) is 0 Å². The molecule has 0 aliphatic carbocycles. The maximum atomic E-state index is 11.2. The van der Waals surface area contributed by atoms with Gasteiger partial charge in [-0.05, 0) is 12.1 Å². The molecule has 0 unspecified atom stereocenters. The molecule has 1 aromatic rings. The van der Waals surface area contributed by atoms with Crippen LogP contribution >= 0.6 is 11.6 Å². The summed E-state index contributed by atoms with van der Waals surface area (Å²) in [4.78, 5) is 14.9. The van der Waals surface area contributed by atoms with E-state index in [1.54, 1.807) is 0 Å². The second-order valence-corrected chi connectivity index (χ2v) is 3.26. The Hall–Kier alpha value is -1.08. The molecule has 1 aromatic heterocycles. The number of amides is 1. The van der Waals surface area contributed by atoms with Crippen LogP contribution in [0.25, 0.3) is 0 Å². The van der Waals surface area contributed by atoms with E-state index in [1.807, 2.05) is 0 Å². The topological polar surface area (TPSA) is 82.8 Å². The van der Waals surface area contributed by atoms with E-state index in [2.05, 4.69) is 9.35 Å². The van der Waals surface area contributed by atoms with Gasteiger partial charge in [-0.25, -0.2) is 4.98 Å². The fourth-order valence-electron chi connectivity index (χ4n) is 0.670. The van der Waals surface area contributed by atoms with E-state index in [1.165, 1.54) is 18.3 Å². The molecule has 0 spiro atoms. The smallest absolute Gasteiger partial charge is 0.287 e. The number of pyridine rings is 1. The van der Waals surface area contributed by atoms with Crippen molar-refractivity contribution in [2.24, 2.45) is 4.36 Å². The van der Waals surface area contributed by atoms with Crippen LogP contribution < -0.4 is 0 Å². The van der Waals surface area contributed by atoms with Crippen molar-refractivity contribution < 1.29 is 15.0 Å². The Morgan fingerprint density at radius 2 is 2.29 bits per heavy atom. The molecule has 74 valence electrons. The number of carbonyl (C=O) groups is 1. The van der Waals surface area contributed by atoms with Gasteiger partial charge in [0.15, 0.2) is 0 Å². The van der Waals surface area contributed by atoms with Crippen molar-refractivity contribution in [1.29, 1.82) is 0 Å². The molecule has 1 rings (SSSR count). The number of halogens is 1. The molecule has 14 heavy (non-hydrogen) atoms. The normalized spacial score (nSPS) is 9.36. The largest absolute Gasteiger partial charge is 0.332 e. The zero-order valence-corrected chi connectivity index (χ0v) is 8.29. The molecule has 0 aliphatic heterocycles. The Bertz CT molecular complexity index is 425. The van der Waals surface area contributed by atoms with Gasteiger partial charge in [0.25, 0.3) is 11.1 Å². The first-order valence-electron chi connectivity index (χ1n) is 3.38. The SMILES string of the molecule is O=C(N=S=C(O)O)c1ccnc(Cl)c1. The van der Waals surface area contributed by atoms with Crippen molar-refractivity contribution >= 4 is 33.9 Å². The van der Waals surface area contributed by atoms with E-state index < -0.39 is 11.1 Å². The monoisotopic (exact) mass is 232 g/mol. The highest BCUT2D eigenvalue weighted by Gasteiger charge is 2.03. The van der Waals surface area contributed by atoms with Crippen LogP contribution in [-0.4, -0.2) is 26.3 Å². The number of hydrogen-bond acceptors (Lipinski definition) is 2. The van der Waals surface area contributed by atoms with E-state index in [-0.39, 0.29) is 21.9 Å². The lowest BCUT2D eigenvalue weighted by atomic mass is 10.3. The van der Waals surface area contributed by atoms with Crippen LogP contribution in [0, 0.1) is 0 Å². The summed E-state index contributed by atoms with van der Waals surface area (Å²) in [7, 11) is 0. The summed E-state index contributed by atoms with van der Waals surface area (Å²) in [6.07, 6.45) is 1.36. The van der Waals surface area contributed by atoms with Crippen LogP contribution in [0.3, 0.4) is 0 Å². The molecule has 2 N–H and O–H groups in total. The average molecular weight is 233 g/mol. The van der Waals surface area contributed by atoms with Crippen molar-refractivity contribution in [1.82, 2.24) is 4.98 Å². The Morgan fingerprint density at radius 1 is 1.57 bits per heavy atom. The third-order valence-corrected chi connectivity index (χ3v) is 1.81. The molecular formula is C7H5ClN2O3S. The molecule has 0 fully saturated rings. The van der Waals surface area contributed by atoms with Gasteiger partial charge in [0.05, 0.1) is 0 Å². The van der Waals surface area contributed by atoms with Gasteiger partial charge in [-0.3, -0.25) is 4.79 Å². The standard InChI is InChI=1S/C7H5ClN2O3S/c8-5-3-4(1-2-9-5)6(11)10-14-7(12)13/h1-3,12-13H. The summed E-state index contributed by atoms with van der Waals surface area (Å²) in [5.41, 5.74) is 0.235. The summed E-state index contributed by atoms with van der Waals surface area (Å²) in [5, 5.41) is 15.9. The van der Waals surface area contributed by atoms with E-state index in [9.17, 15) is 4.79 Å². The van der Waals surface area contributed by atoms with Crippen LogP contribution in [0.4, 0.5) is 0 Å². The summed E-state index contributed by atoms with van der Waals surface area (Å²) < 4.78 is 3.29. The Morgan fingerprint density at radius 3 is 2.86 bits per heavy atom. The van der Waals surface area contributed by atoms with Crippen molar-refractivity contribution in [3.05, 3.63) is 29.0 Å². The van der Waals surface area contributed by atoms with Gasteiger partial charge in [-0.1, -0.05) is 11.6 Å². The molecule has 5 nitrogen and oxygen atoms in total. The number of aromatic nitrogens is 1. The first kappa shape index (κ1) is 11.0. The van der Waals surface area contributed by atoms with Crippen molar-refractivity contribution in [2.45, 2.75) is 0 Å². The van der Waals surface area contributed by atoms with Gasteiger partial charge < -0.3 is 10.2 Å². The highest BCUT2D eigenvalue weighted by molar-refractivity contribution is 7.68. The number of hydrogen-bond donors (Lipinski definition) is 2. The first-order chi connectivity index (χ1) is 6.59. The predicted octanol–water partition coefficient (Wildman–Crippen LogP) is 1.34. The minimum atomic E-state index is -0.987. The van der Waals surface area contributed by atoms with Gasteiger partial charge in [0.1, 0.15) is 5.15 Å². The van der Waals surface area contributed by atoms with E-state index >= 15 is 0 Å². The minimum Gasteiger partial charge on any atom is -0.332 e. The Balaban J connectivity index is 2.96. The molecule has 0 radical (unpaired) electrons. The van der Waals surface area contributed by atoms with E-state index in [0.29, 0.717) is 0 Å². The molecule has 1 heterocycles. The average Bonchev–Trinajstić information content (AvgIpc) is 2.14. The molecule has 0 aromatic carbocycles. The molecule has 0 aliphatic rings. The number of aliphatic hydroxyl groups excluding tert-OH is 1. The van der Waals surface area contributed by atoms with Gasteiger partial charge in [0, 0.05) is 22.9 Å². The van der Waals surface area contributed by atoms with E-state index in [4.69, 9.17) is 21.8 Å². The highest BCUT2D eigenvalue weighted by atomic mass is 35.5. The third kappa shape index (κ3) is 3.35. The van der Waals surface area contributed by atoms with Crippen molar-refractivity contribution in [3.8, 4) is 0 Å². The van der Waals surface area contributed by atoms with Crippen molar-refractivity contribution in [3.63, 3.8) is 0 Å². The van der Waals surface area contributed by atoms with Crippen molar-refractivity contribution in [2.75, 3.05) is 0 Å². The van der Waals surface area contributed by atoms with Crippen LogP contribution in [0.15, 0.2) is 22.7 Å². The number of carbonyl (C=O) groups excluding carboxylic acids is 1. The predicted molar refractivity (Wildman–Crippen MR) is 53.6 cm³/mol. The summed E-state index contributed by atoms with van der Waals surface area (Å²) in [6.45, 7) is 0. The maximum absolute atomic E-state index is 11.2. The zero-order valence-electron chi connectivity index (χ0n) is 6.72. The number of rotatable bonds is 1. The van der Waals surface area contributed by atoms with Gasteiger partial charge in [-0.2, -0.15) is 0 Å². The quantitative estimate of drug-likeness (QED) is 0.566. The van der Waals surface area contributed by atoms with Crippen LogP contribution in [-0.2, 0) is 11.1 Å². The lowest BCUT2D eigenvalue weighted by Gasteiger charge is -1.92. The van der Waals surface area contributed by atoms with Crippen LogP contribution in [0.5, 0.6) is 0 Å². The summed E-state index contributed by atoms with van der Waals surface area (Å²) >= 11 is 5.82. The Kier molecular flexibility index (Phi) is 3.90. The Labute approximate surface area is 87.7 Å². The van der Waals surface area contributed by atoms with Gasteiger partial charge in [-0.15, -0.1) is 4.36 Å². The highest BCUT2D eigenvalue weighted by Crippen LogP contribution is 2.07. The second kappa shape index (κ2) is 4.97. The number of aliphatic hydroxyl groups is 2. The molecule has 7 heteroatoms. The summed E-state index contributed by atoms with van der Waals surface area (Å²) in [6, 6.07) is 2.76. The lowest BCUT2D eigenvalue weighted by molar-refractivity contribution is 0.101. The van der Waals surface area contributed by atoms with Gasteiger partial charge >= 0.3 is 0 Å². The molecule has 0 bridgehead atoms. The molecule has 0 saturated carbocycles. The number of nitrogens with zero attached hydrogens (tertiary/aromatic N) is 2. The molecule has 0 saturated heterocycles. The minimum absolute atomic E-state index is 0.174. The maximum Gasteiger partial charge on any atom is 0.287 e. The fraction of sp³-hybridized carbons (Fsp3) is 0. The zero-order chi connectivity index (χ0) is 10.6. The molecule has 1 amide bonds. The van der Waals surface area contributed by atoms with Crippen LogP contribution in [0.2, 0.25) is 5.15 Å². The fourth-order valence-corrected chi connectivity index (χ4v) is 1.11. The third-order valence-electron chi connectivity index (χ3n) is 1.18. The van der Waals surface area contributed by atoms with Crippen LogP contribution in [0.1, 0.15) is 10.4 Å². The second-order valence-electron chi connectivity index (χ2n) is 2.14. The summed E-state index contributed by atoms with van der Waals surface area (Å²) in [5.74, 6) is -0.611. The first-order valence-corrected chi connectivity index (χ1v) is 4.53. The molecule has 0 atom stereocenters.